The van der Waals surface area contributed by atoms with Crippen LogP contribution < -0.4 is 0 Å². The molecule has 2 aliphatic heterocycles. The van der Waals surface area contributed by atoms with Gasteiger partial charge in [0.15, 0.2) is 0 Å². The summed E-state index contributed by atoms with van der Waals surface area (Å²) in [5.74, 6) is 0.631. The van der Waals surface area contributed by atoms with Gasteiger partial charge in [-0.05, 0) is 70.4 Å². The number of carbonyl (C=O) groups is 1. The first kappa shape index (κ1) is 16.6. The first-order valence-corrected chi connectivity index (χ1v) is 10.2. The normalized spacial score (nSPS) is 40.8. The number of allylic oxidation sites excluding steroid dienone is 2. The summed E-state index contributed by atoms with van der Waals surface area (Å²) >= 11 is 0. The molecule has 4 aliphatic rings. The van der Waals surface area contributed by atoms with Gasteiger partial charge in [0, 0.05) is 12.5 Å². The summed E-state index contributed by atoms with van der Waals surface area (Å²) in [7, 11) is 0. The Hall–Kier alpha value is -0.830. The standard InChI is InChI=1S/C21H33NO2/c1-15-8-7-9-21(2)13-19-16(12-18(15)21)17(20(23)24-19)14-22-10-5-3-4-6-11-22/h16-17,19H,3-14H2,1-2H3/t16-,17+,19-,21-/m1/s1. The Bertz CT molecular complexity index is 532. The average molecular weight is 332 g/mol. The van der Waals surface area contributed by atoms with Crippen LogP contribution in [0, 0.1) is 17.3 Å². The number of ether oxygens (including phenoxy) is 1. The summed E-state index contributed by atoms with van der Waals surface area (Å²) in [6, 6.07) is 0. The number of carbonyl (C=O) groups excluding carboxylic acids is 1. The van der Waals surface area contributed by atoms with Gasteiger partial charge in [-0.2, -0.15) is 0 Å². The van der Waals surface area contributed by atoms with Gasteiger partial charge in [0.25, 0.3) is 0 Å². The summed E-state index contributed by atoms with van der Waals surface area (Å²) < 4.78 is 5.91. The van der Waals surface area contributed by atoms with Crippen LogP contribution in [0.2, 0.25) is 0 Å². The second-order valence-electron chi connectivity index (χ2n) is 9.04. The monoisotopic (exact) mass is 331 g/mol. The molecule has 2 aliphatic carbocycles. The highest BCUT2D eigenvalue weighted by Crippen LogP contribution is 2.55. The molecule has 0 amide bonds. The lowest BCUT2D eigenvalue weighted by molar-refractivity contribution is -0.145. The maximum Gasteiger partial charge on any atom is 0.310 e. The molecule has 4 atom stereocenters. The van der Waals surface area contributed by atoms with Gasteiger partial charge in [-0.15, -0.1) is 0 Å². The van der Waals surface area contributed by atoms with E-state index in [1.165, 1.54) is 58.0 Å². The van der Waals surface area contributed by atoms with Crippen LogP contribution in [0.15, 0.2) is 11.1 Å². The van der Waals surface area contributed by atoms with E-state index in [0.717, 1.165) is 19.4 Å². The van der Waals surface area contributed by atoms with Crippen molar-refractivity contribution < 1.29 is 9.53 Å². The molecule has 3 heteroatoms. The smallest absolute Gasteiger partial charge is 0.310 e. The van der Waals surface area contributed by atoms with E-state index in [1.54, 1.807) is 11.1 Å². The molecule has 24 heavy (non-hydrogen) atoms. The maximum absolute atomic E-state index is 12.6. The summed E-state index contributed by atoms with van der Waals surface area (Å²) in [5, 5.41) is 0. The Kier molecular flexibility index (Phi) is 4.49. The van der Waals surface area contributed by atoms with Crippen molar-refractivity contribution in [2.24, 2.45) is 17.3 Å². The summed E-state index contributed by atoms with van der Waals surface area (Å²) in [6.45, 7) is 8.01. The fourth-order valence-electron chi connectivity index (χ4n) is 5.92. The van der Waals surface area contributed by atoms with E-state index in [0.29, 0.717) is 11.3 Å². The number of rotatable bonds is 2. The van der Waals surface area contributed by atoms with E-state index in [4.69, 9.17) is 4.74 Å². The van der Waals surface area contributed by atoms with E-state index in [1.807, 2.05) is 0 Å². The second-order valence-corrected chi connectivity index (χ2v) is 9.04. The van der Waals surface area contributed by atoms with Crippen LogP contribution in [0.5, 0.6) is 0 Å². The highest BCUT2D eigenvalue weighted by Gasteiger charge is 2.53. The Labute approximate surface area is 146 Å². The molecular formula is C21H33NO2. The summed E-state index contributed by atoms with van der Waals surface area (Å²) in [6.07, 6.45) is 11.5. The number of likely N-dealkylation sites (tertiary alicyclic amines) is 1. The predicted molar refractivity (Wildman–Crippen MR) is 95.7 cm³/mol. The number of esters is 1. The number of nitrogens with zero attached hydrogens (tertiary/aromatic N) is 1. The fraction of sp³-hybridized carbons (Fsp3) is 0.857. The third-order valence-corrected chi connectivity index (χ3v) is 7.33. The molecule has 0 spiro atoms. The Morgan fingerprint density at radius 1 is 1.17 bits per heavy atom. The van der Waals surface area contributed by atoms with Crippen LogP contribution in [0.3, 0.4) is 0 Å². The van der Waals surface area contributed by atoms with Crippen molar-refractivity contribution in [2.75, 3.05) is 19.6 Å². The van der Waals surface area contributed by atoms with E-state index in [-0.39, 0.29) is 18.0 Å². The van der Waals surface area contributed by atoms with Gasteiger partial charge in [0.2, 0.25) is 0 Å². The topological polar surface area (TPSA) is 29.5 Å². The first-order chi connectivity index (χ1) is 11.6. The Morgan fingerprint density at radius 2 is 1.92 bits per heavy atom. The van der Waals surface area contributed by atoms with Gasteiger partial charge in [-0.1, -0.05) is 30.9 Å². The molecule has 2 saturated heterocycles. The molecule has 3 fully saturated rings. The van der Waals surface area contributed by atoms with Gasteiger partial charge >= 0.3 is 5.97 Å². The Morgan fingerprint density at radius 3 is 2.67 bits per heavy atom. The lowest BCUT2D eigenvalue weighted by Gasteiger charge is -2.46. The van der Waals surface area contributed by atoms with Crippen molar-refractivity contribution in [1.82, 2.24) is 4.90 Å². The summed E-state index contributed by atoms with van der Waals surface area (Å²) in [5.41, 5.74) is 3.57. The third-order valence-electron chi connectivity index (χ3n) is 7.33. The van der Waals surface area contributed by atoms with Crippen molar-refractivity contribution in [3.63, 3.8) is 0 Å². The molecule has 0 unspecified atom stereocenters. The van der Waals surface area contributed by atoms with Gasteiger partial charge < -0.3 is 9.64 Å². The van der Waals surface area contributed by atoms with Crippen molar-refractivity contribution in [1.29, 1.82) is 0 Å². The third kappa shape index (κ3) is 2.94. The van der Waals surface area contributed by atoms with Gasteiger partial charge in [-0.3, -0.25) is 4.79 Å². The highest BCUT2D eigenvalue weighted by atomic mass is 16.6. The van der Waals surface area contributed by atoms with Crippen molar-refractivity contribution >= 4 is 5.97 Å². The molecule has 4 rings (SSSR count). The van der Waals surface area contributed by atoms with E-state index in [2.05, 4.69) is 18.7 Å². The molecule has 0 radical (unpaired) electrons. The Balaban J connectivity index is 1.52. The number of hydrogen-bond donors (Lipinski definition) is 0. The van der Waals surface area contributed by atoms with Crippen LogP contribution in [-0.2, 0) is 9.53 Å². The van der Waals surface area contributed by atoms with Crippen molar-refractivity contribution in [3.8, 4) is 0 Å². The van der Waals surface area contributed by atoms with Crippen LogP contribution >= 0.6 is 0 Å². The van der Waals surface area contributed by atoms with Gasteiger partial charge in [0.05, 0.1) is 5.92 Å². The fourth-order valence-corrected chi connectivity index (χ4v) is 5.92. The van der Waals surface area contributed by atoms with E-state index in [9.17, 15) is 4.79 Å². The largest absolute Gasteiger partial charge is 0.462 e. The molecule has 0 aromatic heterocycles. The molecular weight excluding hydrogens is 298 g/mol. The van der Waals surface area contributed by atoms with Crippen molar-refractivity contribution in [2.45, 2.75) is 77.7 Å². The minimum atomic E-state index is 0.0924. The SMILES string of the molecule is CC1=C2C[C@@H]3[C@H](CN4CCCCCC4)C(=O)O[C@@H]3C[C@@]2(C)CCC1. The van der Waals surface area contributed by atoms with E-state index < -0.39 is 0 Å². The molecule has 0 N–H and O–H groups in total. The van der Waals surface area contributed by atoms with Crippen LogP contribution in [0.4, 0.5) is 0 Å². The lowest BCUT2D eigenvalue weighted by atomic mass is 9.59. The minimum Gasteiger partial charge on any atom is -0.462 e. The van der Waals surface area contributed by atoms with Crippen LogP contribution in [0.1, 0.15) is 71.6 Å². The second kappa shape index (κ2) is 6.48. The van der Waals surface area contributed by atoms with Crippen molar-refractivity contribution in [3.05, 3.63) is 11.1 Å². The minimum absolute atomic E-state index is 0.0924. The maximum atomic E-state index is 12.6. The van der Waals surface area contributed by atoms with E-state index >= 15 is 0 Å². The van der Waals surface area contributed by atoms with Crippen LogP contribution in [-0.4, -0.2) is 36.6 Å². The first-order valence-electron chi connectivity index (χ1n) is 10.2. The molecule has 0 aromatic rings. The predicted octanol–water partition coefficient (Wildman–Crippen LogP) is 4.32. The molecule has 0 bridgehead atoms. The highest BCUT2D eigenvalue weighted by molar-refractivity contribution is 5.76. The average Bonchev–Trinajstić information content (AvgIpc) is 2.72. The van der Waals surface area contributed by atoms with Gasteiger partial charge in [0.1, 0.15) is 6.10 Å². The zero-order chi connectivity index (χ0) is 16.7. The molecule has 134 valence electrons. The number of fused-ring (bicyclic) bond motifs is 2. The zero-order valence-electron chi connectivity index (χ0n) is 15.5. The molecule has 2 heterocycles. The molecule has 1 saturated carbocycles. The lowest BCUT2D eigenvalue weighted by Crippen LogP contribution is -2.41. The van der Waals surface area contributed by atoms with Crippen LogP contribution in [0.25, 0.3) is 0 Å². The summed E-state index contributed by atoms with van der Waals surface area (Å²) in [4.78, 5) is 15.2. The quantitative estimate of drug-likeness (QED) is 0.557. The number of hydrogen-bond acceptors (Lipinski definition) is 3. The zero-order valence-corrected chi connectivity index (χ0v) is 15.5. The molecule has 0 aromatic carbocycles. The molecule has 3 nitrogen and oxygen atoms in total. The van der Waals surface area contributed by atoms with Gasteiger partial charge in [-0.25, -0.2) is 0 Å².